The molecule has 5 N–H and O–H groups in total. The zero-order chi connectivity index (χ0) is 82.8. The zero-order valence-electron chi connectivity index (χ0n) is 71.3. The molecule has 112 heavy (non-hydrogen) atoms. The molecule has 0 aliphatic carbocycles. The number of carboxylic acids is 2. The van der Waals surface area contributed by atoms with Crippen LogP contribution in [0.1, 0.15) is 359 Å². The minimum Gasteiger partial charge on any atom is -0.481 e. The third-order valence-electron chi connectivity index (χ3n) is 20.4. The second-order valence-electron chi connectivity index (χ2n) is 30.7. The summed E-state index contributed by atoms with van der Waals surface area (Å²) in [4.78, 5) is 122. The van der Waals surface area contributed by atoms with Gasteiger partial charge in [-0.2, -0.15) is 0 Å². The largest absolute Gasteiger partial charge is 0.481 e. The fourth-order valence-corrected chi connectivity index (χ4v) is 13.5. The number of nitrogens with zero attached hydrogens (tertiary/aromatic N) is 1. The predicted molar refractivity (Wildman–Crippen MR) is 444 cm³/mol. The number of unbranched alkanes of at least 4 members (excludes halogenated alkanes) is 26. The standard InChI is InChI=1S/C31H56O8.C23H40O8.2C18H28N2O/c1-3-5-7-9-11-13-15-17-19-21-29(34)37-25-27(39-31(36)24-23-28(32)33)26-38-30(35)22-20-18-16-14-12-10-8-6-4-2;1-3-5-7-9-11-13-21(26)29-17-19(31-23(28)16-15-20(24)25)18-30-22(27)14-12-10-8-6-4-2;2*1-4-5-12-20-13-7-6-11-16(20)18(21)19-17-14(2)9-8-10-15(17)3/h27H,3-26H2,1-2H3,(H,32,33);19H,3-18H2,1-2H3,(H,24,25);2*8-10,16H,4-7,11-13H2,1-3H3,(H,19,21)/p+1. The first-order chi connectivity index (χ1) is 54.0. The smallest absolute Gasteiger partial charge is 0.306 e. The number of likely N-dealkylation sites (tertiary alicyclic amines) is 2. The fraction of sp³-hybridized carbons (Fsp3) is 0.756. The highest BCUT2D eigenvalue weighted by atomic mass is 16.6. The molecule has 22 nitrogen and oxygen atoms in total. The number of aliphatic carboxylic acids is 2. The molecule has 3 atom stereocenters. The maximum Gasteiger partial charge on any atom is 0.306 e. The molecule has 0 radical (unpaired) electrons. The van der Waals surface area contributed by atoms with Crippen LogP contribution in [0, 0.1) is 27.7 Å². The van der Waals surface area contributed by atoms with Gasteiger partial charge in [-0.05, 0) is 127 Å². The first kappa shape index (κ1) is 103. The molecule has 0 aromatic heterocycles. The molecular weight excluding hydrogens is 1420 g/mol. The molecule has 2 aromatic rings. The minimum absolute atomic E-state index is 0.0457. The van der Waals surface area contributed by atoms with Crippen molar-refractivity contribution in [3.05, 3.63) is 58.7 Å². The number of benzene rings is 2. The van der Waals surface area contributed by atoms with Crippen molar-refractivity contribution < 1.29 is 91.5 Å². The number of piperidine rings is 2. The Morgan fingerprint density at radius 1 is 0.384 bits per heavy atom. The number of ether oxygens (including phenoxy) is 6. The molecule has 3 unspecified atom stereocenters. The summed E-state index contributed by atoms with van der Waals surface area (Å²) >= 11 is 0. The summed E-state index contributed by atoms with van der Waals surface area (Å²) in [6.07, 6.45) is 40.1. The number of carboxylic acid groups (broad SMARTS) is 2. The topological polar surface area (TPSA) is 298 Å². The van der Waals surface area contributed by atoms with Gasteiger partial charge in [0.15, 0.2) is 18.2 Å². The van der Waals surface area contributed by atoms with Gasteiger partial charge in [-0.25, -0.2) is 0 Å². The number of nitrogens with one attached hydrogen (secondary N) is 3. The van der Waals surface area contributed by atoms with Gasteiger partial charge < -0.3 is 54.2 Å². The van der Waals surface area contributed by atoms with E-state index in [-0.39, 0.29) is 114 Å². The molecule has 2 heterocycles. The Bertz CT molecular complexity index is 2690. The van der Waals surface area contributed by atoms with E-state index in [1.165, 1.54) is 127 Å². The van der Waals surface area contributed by atoms with Crippen LogP contribution in [0.2, 0.25) is 0 Å². The van der Waals surface area contributed by atoms with Crippen LogP contribution in [0.25, 0.3) is 0 Å². The monoisotopic (exact) mass is 1580 g/mol. The molecule has 2 amide bonds. The van der Waals surface area contributed by atoms with Gasteiger partial charge in [-0.3, -0.25) is 52.8 Å². The van der Waals surface area contributed by atoms with E-state index in [0.717, 1.165) is 182 Å². The predicted octanol–water partition coefficient (Wildman–Crippen LogP) is 18.6. The Morgan fingerprint density at radius 3 is 1.04 bits per heavy atom. The quantitative estimate of drug-likeness (QED) is 0.0233. The van der Waals surface area contributed by atoms with Crippen molar-refractivity contribution in [1.29, 1.82) is 0 Å². The molecule has 22 heteroatoms. The minimum atomic E-state index is -1.11. The van der Waals surface area contributed by atoms with E-state index in [4.69, 9.17) is 38.6 Å². The summed E-state index contributed by atoms with van der Waals surface area (Å²) in [5.41, 5.74) is 6.56. The van der Waals surface area contributed by atoms with Crippen LogP contribution in [0.15, 0.2) is 36.4 Å². The number of anilines is 2. The van der Waals surface area contributed by atoms with Crippen molar-refractivity contribution in [3.8, 4) is 0 Å². The lowest BCUT2D eigenvalue weighted by atomic mass is 10.00. The van der Waals surface area contributed by atoms with E-state index in [1.54, 1.807) is 0 Å². The Balaban J connectivity index is 0.000000770. The molecule has 2 fully saturated rings. The molecule has 2 aliphatic rings. The lowest BCUT2D eigenvalue weighted by Crippen LogP contribution is -3.17. The molecular formula is C90H153N4O18+. The van der Waals surface area contributed by atoms with Crippen molar-refractivity contribution in [2.45, 2.75) is 389 Å². The van der Waals surface area contributed by atoms with Gasteiger partial charge in [0.2, 0.25) is 5.91 Å². The summed E-state index contributed by atoms with van der Waals surface area (Å²) in [6.45, 7) is 24.8. The number of hydrogen-bond acceptors (Lipinski definition) is 17. The summed E-state index contributed by atoms with van der Waals surface area (Å²) in [6, 6.07) is 12.5. The van der Waals surface area contributed by atoms with Crippen molar-refractivity contribution in [1.82, 2.24) is 4.90 Å². The molecule has 4 rings (SSSR count). The van der Waals surface area contributed by atoms with Crippen LogP contribution in [0.3, 0.4) is 0 Å². The number of rotatable bonds is 58. The van der Waals surface area contributed by atoms with E-state index in [0.29, 0.717) is 0 Å². The van der Waals surface area contributed by atoms with Crippen LogP contribution < -0.4 is 15.5 Å². The molecule has 2 aromatic carbocycles. The van der Waals surface area contributed by atoms with Crippen LogP contribution in [0.5, 0.6) is 0 Å². The first-order valence-corrected chi connectivity index (χ1v) is 43.8. The van der Waals surface area contributed by atoms with Gasteiger partial charge in [0.25, 0.3) is 5.91 Å². The lowest BCUT2D eigenvalue weighted by Gasteiger charge is -2.34. The van der Waals surface area contributed by atoms with Crippen LogP contribution in [-0.4, -0.2) is 152 Å². The summed E-state index contributed by atoms with van der Waals surface area (Å²) < 4.78 is 31.3. The molecule has 0 spiro atoms. The number of quaternary nitrogens is 1. The summed E-state index contributed by atoms with van der Waals surface area (Å²) in [7, 11) is 0. The van der Waals surface area contributed by atoms with E-state index in [9.17, 15) is 47.9 Å². The second kappa shape index (κ2) is 68.5. The van der Waals surface area contributed by atoms with Crippen LogP contribution in [0.4, 0.5) is 11.4 Å². The number of amides is 2. The highest BCUT2D eigenvalue weighted by Crippen LogP contribution is 2.25. The molecule has 2 saturated heterocycles. The Morgan fingerprint density at radius 2 is 0.705 bits per heavy atom. The highest BCUT2D eigenvalue weighted by molar-refractivity contribution is 5.96. The van der Waals surface area contributed by atoms with Crippen LogP contribution >= 0.6 is 0 Å². The van der Waals surface area contributed by atoms with E-state index in [2.05, 4.69) is 109 Å². The molecule has 0 bridgehead atoms. The SMILES string of the molecule is CCCCCCCC(=O)OCC(COC(=O)CCCCCCC)OC(=O)CCC(=O)O.CCCCCCCCCCCC(=O)OCC(COC(=O)CCCCCCCCCCC)OC(=O)CCC(=O)O.CCCCN1CCCCC1C(=O)Nc1c(C)cccc1C.CCCC[NH+]1CCCCC1C(=O)Nc1c(C)cccc1C. The van der Waals surface area contributed by atoms with Gasteiger partial charge in [0.1, 0.15) is 26.4 Å². The third kappa shape index (κ3) is 54.0. The number of carbonyl (C=O) groups excluding carboxylic acids is 8. The van der Waals surface area contributed by atoms with Crippen molar-refractivity contribution in [2.75, 3.05) is 63.2 Å². The van der Waals surface area contributed by atoms with Gasteiger partial charge >= 0.3 is 47.8 Å². The highest BCUT2D eigenvalue weighted by Gasteiger charge is 2.33. The molecule has 0 saturated carbocycles. The third-order valence-corrected chi connectivity index (χ3v) is 20.4. The van der Waals surface area contributed by atoms with Crippen molar-refractivity contribution in [2.24, 2.45) is 0 Å². The maximum absolute atomic E-state index is 12.7. The Hall–Kier alpha value is -6.94. The normalized spacial score (nSPS) is 14.6. The fourth-order valence-electron chi connectivity index (χ4n) is 13.5. The number of carbonyl (C=O) groups is 10. The van der Waals surface area contributed by atoms with Gasteiger partial charge in [-0.15, -0.1) is 0 Å². The lowest BCUT2D eigenvalue weighted by molar-refractivity contribution is -0.921. The van der Waals surface area contributed by atoms with Gasteiger partial charge in [-0.1, -0.05) is 251 Å². The summed E-state index contributed by atoms with van der Waals surface area (Å²) in [5, 5.41) is 23.8. The number of aryl methyl sites for hydroxylation is 4. The van der Waals surface area contributed by atoms with Gasteiger partial charge in [0, 0.05) is 43.5 Å². The maximum atomic E-state index is 12.7. The first-order valence-electron chi connectivity index (χ1n) is 43.8. The number of esters is 6. The number of hydrogen-bond donors (Lipinski definition) is 5. The van der Waals surface area contributed by atoms with E-state index >= 15 is 0 Å². The van der Waals surface area contributed by atoms with Crippen molar-refractivity contribution >= 4 is 70.9 Å². The zero-order valence-corrected chi connectivity index (χ0v) is 71.3. The molecule has 2 aliphatic heterocycles. The van der Waals surface area contributed by atoms with Gasteiger partial charge in [0.05, 0.1) is 44.8 Å². The summed E-state index contributed by atoms with van der Waals surface area (Å²) in [5.74, 6) is -4.88. The van der Waals surface area contributed by atoms with Crippen LogP contribution in [-0.2, 0) is 76.4 Å². The average molecular weight is 1580 g/mol. The second-order valence-corrected chi connectivity index (χ2v) is 30.7. The van der Waals surface area contributed by atoms with E-state index < -0.39 is 48.0 Å². The van der Waals surface area contributed by atoms with Crippen molar-refractivity contribution in [3.63, 3.8) is 0 Å². The number of para-hydroxylation sites is 2. The Labute approximate surface area is 674 Å². The van der Waals surface area contributed by atoms with E-state index in [1.807, 2.05) is 12.1 Å². The molecule has 640 valence electrons. The average Bonchev–Trinajstić information content (AvgIpc) is 0.839. The Kier molecular flexibility index (Phi) is 63.0.